The summed E-state index contributed by atoms with van der Waals surface area (Å²) in [6.07, 6.45) is 3.02. The van der Waals surface area contributed by atoms with Gasteiger partial charge < -0.3 is 5.32 Å². The van der Waals surface area contributed by atoms with Crippen molar-refractivity contribution in [3.63, 3.8) is 0 Å². The Morgan fingerprint density at radius 3 is 2.41 bits per heavy atom. The van der Waals surface area contributed by atoms with Crippen molar-refractivity contribution < 1.29 is 0 Å². The highest BCUT2D eigenvalue weighted by molar-refractivity contribution is 6.30. The van der Waals surface area contributed by atoms with Gasteiger partial charge in [0.1, 0.15) is 0 Å². The first-order chi connectivity index (χ1) is 7.95. The first-order valence-electron chi connectivity index (χ1n) is 6.06. The summed E-state index contributed by atoms with van der Waals surface area (Å²) in [6, 6.07) is 8.55. The summed E-state index contributed by atoms with van der Waals surface area (Å²) >= 11 is 5.89. The van der Waals surface area contributed by atoms with Gasteiger partial charge in [0.05, 0.1) is 0 Å². The van der Waals surface area contributed by atoms with E-state index in [1.54, 1.807) is 0 Å². The summed E-state index contributed by atoms with van der Waals surface area (Å²) in [4.78, 5) is 0. The van der Waals surface area contributed by atoms with Crippen LogP contribution in [-0.2, 0) is 6.42 Å². The molecule has 1 unspecified atom stereocenters. The molecule has 1 atom stereocenters. The summed E-state index contributed by atoms with van der Waals surface area (Å²) in [5.74, 6) is 0. The normalized spacial score (nSPS) is 14.6. The predicted octanol–water partition coefficient (Wildman–Crippen LogP) is 4.07. The summed E-state index contributed by atoms with van der Waals surface area (Å²) in [5.41, 5.74) is 1.38. The molecule has 1 nitrogen and oxygen atoms in total. The lowest BCUT2D eigenvalue weighted by Gasteiger charge is -2.27. The van der Waals surface area contributed by atoms with Gasteiger partial charge in [-0.2, -0.15) is 0 Å². The van der Waals surface area contributed by atoms with Gasteiger partial charge in [0.2, 0.25) is 0 Å². The first-order valence-corrected chi connectivity index (χ1v) is 6.44. The van der Waals surface area contributed by atoms with Crippen LogP contribution in [0.2, 0.25) is 5.02 Å². The van der Waals surface area contributed by atoms with Crippen molar-refractivity contribution >= 4 is 11.6 Å². The molecule has 94 valence electrons. The van der Waals surface area contributed by atoms with Crippen molar-refractivity contribution in [2.45, 2.75) is 33.2 Å². The van der Waals surface area contributed by atoms with E-state index in [1.165, 1.54) is 5.56 Å². The topological polar surface area (TPSA) is 12.0 Å². The monoisotopic (exact) mass is 251 g/mol. The number of benzene rings is 1. The zero-order valence-corrected chi connectivity index (χ0v) is 11.7. The van der Waals surface area contributed by atoms with E-state index in [9.17, 15) is 0 Å². The van der Waals surface area contributed by atoms with Crippen LogP contribution in [-0.4, -0.2) is 12.6 Å². The molecule has 17 heavy (non-hydrogen) atoms. The molecule has 0 radical (unpaired) electrons. The lowest BCUT2D eigenvalue weighted by atomic mass is 9.83. The largest absolute Gasteiger partial charge is 0.314 e. The summed E-state index contributed by atoms with van der Waals surface area (Å²) in [5, 5.41) is 4.26. The van der Waals surface area contributed by atoms with Crippen LogP contribution in [0.3, 0.4) is 0 Å². The van der Waals surface area contributed by atoms with Crippen LogP contribution in [0.4, 0.5) is 0 Å². The average Bonchev–Trinajstić information content (AvgIpc) is 2.30. The Labute approximate surface area is 110 Å². The fourth-order valence-corrected chi connectivity index (χ4v) is 1.84. The fourth-order valence-electron chi connectivity index (χ4n) is 1.71. The highest BCUT2D eigenvalue weighted by Gasteiger charge is 2.20. The predicted molar refractivity (Wildman–Crippen MR) is 76.6 cm³/mol. The zero-order chi connectivity index (χ0) is 12.9. The third kappa shape index (κ3) is 4.93. The van der Waals surface area contributed by atoms with Gasteiger partial charge in [-0.25, -0.2) is 0 Å². The molecule has 1 rings (SSSR count). The Morgan fingerprint density at radius 2 is 1.94 bits per heavy atom. The molecule has 1 aromatic rings. The van der Waals surface area contributed by atoms with E-state index < -0.39 is 0 Å². The number of hydrogen-bond donors (Lipinski definition) is 1. The highest BCUT2D eigenvalue weighted by Crippen LogP contribution is 2.24. The van der Waals surface area contributed by atoms with Gasteiger partial charge in [-0.1, -0.05) is 50.6 Å². The fraction of sp³-hybridized carbons (Fsp3) is 0.467. The quantitative estimate of drug-likeness (QED) is 0.752. The van der Waals surface area contributed by atoms with E-state index >= 15 is 0 Å². The molecule has 0 saturated carbocycles. The lowest BCUT2D eigenvalue weighted by molar-refractivity contribution is 0.373. The van der Waals surface area contributed by atoms with Gasteiger partial charge in [-0.3, -0.25) is 0 Å². The van der Waals surface area contributed by atoms with Crippen LogP contribution in [0.5, 0.6) is 0 Å². The molecule has 1 aromatic carbocycles. The Hall–Kier alpha value is -0.790. The van der Waals surface area contributed by atoms with Crippen molar-refractivity contribution in [1.29, 1.82) is 0 Å². The molecular formula is C15H22ClN. The molecule has 0 aliphatic carbocycles. The Kier molecular flexibility index (Phi) is 5.23. The van der Waals surface area contributed by atoms with Gasteiger partial charge in [-0.15, -0.1) is 6.58 Å². The highest BCUT2D eigenvalue weighted by atomic mass is 35.5. The molecule has 2 heteroatoms. The molecule has 0 amide bonds. The number of halogens is 1. The van der Waals surface area contributed by atoms with E-state index in [-0.39, 0.29) is 5.41 Å². The SMILES string of the molecule is C=CC(C)(CNC(C)C)Cc1ccc(Cl)cc1. The second-order valence-corrected chi connectivity index (χ2v) is 5.63. The number of rotatable bonds is 6. The molecule has 0 spiro atoms. The molecule has 0 fully saturated rings. The van der Waals surface area contributed by atoms with Gasteiger partial charge in [-0.05, 0) is 24.1 Å². The van der Waals surface area contributed by atoms with Crippen LogP contribution >= 0.6 is 11.6 Å². The molecule has 0 saturated heterocycles. The molecule has 0 aliphatic heterocycles. The maximum absolute atomic E-state index is 5.89. The van der Waals surface area contributed by atoms with E-state index in [2.05, 4.69) is 44.8 Å². The average molecular weight is 252 g/mol. The van der Waals surface area contributed by atoms with E-state index in [1.807, 2.05) is 18.2 Å². The smallest absolute Gasteiger partial charge is 0.0406 e. The van der Waals surface area contributed by atoms with Gasteiger partial charge in [0, 0.05) is 23.0 Å². The minimum atomic E-state index is 0.0814. The van der Waals surface area contributed by atoms with Crippen LogP contribution in [0.15, 0.2) is 36.9 Å². The number of hydrogen-bond acceptors (Lipinski definition) is 1. The summed E-state index contributed by atoms with van der Waals surface area (Å²) in [7, 11) is 0. The van der Waals surface area contributed by atoms with Crippen LogP contribution in [0.25, 0.3) is 0 Å². The minimum absolute atomic E-state index is 0.0814. The van der Waals surface area contributed by atoms with Crippen molar-refractivity contribution in [3.05, 3.63) is 47.5 Å². The Bertz CT molecular complexity index is 356. The Morgan fingerprint density at radius 1 is 1.35 bits per heavy atom. The van der Waals surface area contributed by atoms with Crippen molar-refractivity contribution in [1.82, 2.24) is 5.32 Å². The summed E-state index contributed by atoms with van der Waals surface area (Å²) in [6.45, 7) is 11.4. The van der Waals surface area contributed by atoms with Crippen LogP contribution in [0.1, 0.15) is 26.3 Å². The van der Waals surface area contributed by atoms with Crippen molar-refractivity contribution in [3.8, 4) is 0 Å². The third-order valence-corrected chi connectivity index (χ3v) is 3.18. The summed E-state index contributed by atoms with van der Waals surface area (Å²) < 4.78 is 0. The molecule has 0 heterocycles. The van der Waals surface area contributed by atoms with Crippen molar-refractivity contribution in [2.75, 3.05) is 6.54 Å². The molecule has 0 aromatic heterocycles. The lowest BCUT2D eigenvalue weighted by Crippen LogP contribution is -2.35. The van der Waals surface area contributed by atoms with E-state index in [0.29, 0.717) is 6.04 Å². The first kappa shape index (κ1) is 14.3. The Balaban J connectivity index is 2.67. The van der Waals surface area contributed by atoms with Gasteiger partial charge >= 0.3 is 0 Å². The maximum Gasteiger partial charge on any atom is 0.0406 e. The van der Waals surface area contributed by atoms with Crippen molar-refractivity contribution in [2.24, 2.45) is 5.41 Å². The van der Waals surface area contributed by atoms with Crippen LogP contribution in [0, 0.1) is 5.41 Å². The molecule has 0 bridgehead atoms. The zero-order valence-electron chi connectivity index (χ0n) is 11.0. The second-order valence-electron chi connectivity index (χ2n) is 5.20. The molecular weight excluding hydrogens is 230 g/mol. The standard InChI is InChI=1S/C15H22ClN/c1-5-15(4,11-17-12(2)3)10-13-6-8-14(16)9-7-13/h5-9,12,17H,1,10-11H2,2-4H3. The van der Waals surface area contributed by atoms with Crippen LogP contribution < -0.4 is 5.32 Å². The molecule has 0 aliphatic rings. The maximum atomic E-state index is 5.89. The minimum Gasteiger partial charge on any atom is -0.314 e. The number of nitrogens with one attached hydrogen (secondary N) is 1. The van der Waals surface area contributed by atoms with E-state index in [0.717, 1.165) is 18.0 Å². The van der Waals surface area contributed by atoms with E-state index in [4.69, 9.17) is 11.6 Å². The van der Waals surface area contributed by atoms with Gasteiger partial charge in [0.25, 0.3) is 0 Å². The third-order valence-electron chi connectivity index (χ3n) is 2.93. The molecule has 1 N–H and O–H groups in total. The van der Waals surface area contributed by atoms with Gasteiger partial charge in [0.15, 0.2) is 0 Å². The second kappa shape index (κ2) is 6.23.